The van der Waals surface area contributed by atoms with Gasteiger partial charge in [-0.3, -0.25) is 0 Å². The van der Waals surface area contributed by atoms with Gasteiger partial charge >= 0.3 is 0 Å². The second-order valence-corrected chi connectivity index (χ2v) is 10.2. The van der Waals surface area contributed by atoms with Crippen molar-refractivity contribution in [2.75, 3.05) is 0 Å². The molecule has 1 heterocycles. The van der Waals surface area contributed by atoms with Gasteiger partial charge in [-0.05, 0) is 79.8 Å². The van der Waals surface area contributed by atoms with Crippen LogP contribution in [0.5, 0.6) is 0 Å². The van der Waals surface area contributed by atoms with E-state index in [1.54, 1.807) is 24.3 Å². The van der Waals surface area contributed by atoms with Gasteiger partial charge in [0.05, 0.1) is 11.8 Å². The Bertz CT molecular complexity index is 1020. The Morgan fingerprint density at radius 2 is 1.60 bits per heavy atom. The molecule has 0 aromatic heterocycles. The highest BCUT2D eigenvalue weighted by atomic mass is 19.1. The third kappa shape index (κ3) is 5.94. The minimum absolute atomic E-state index is 0.0293. The van der Waals surface area contributed by atoms with E-state index in [2.05, 4.69) is 44.1 Å². The summed E-state index contributed by atoms with van der Waals surface area (Å²) >= 11 is 0. The van der Waals surface area contributed by atoms with Crippen LogP contribution in [0.3, 0.4) is 0 Å². The smallest absolute Gasteiger partial charge is 0.123 e. The van der Waals surface area contributed by atoms with Crippen molar-refractivity contribution < 1.29 is 13.5 Å². The van der Waals surface area contributed by atoms with Gasteiger partial charge in [0.1, 0.15) is 17.7 Å². The topological polar surface area (TPSA) is 12.5 Å². The molecule has 1 aliphatic heterocycles. The molecule has 2 unspecified atom stereocenters. The van der Waals surface area contributed by atoms with E-state index in [4.69, 9.17) is 4.74 Å². The fourth-order valence-corrected chi connectivity index (χ4v) is 5.68. The molecule has 35 heavy (non-hydrogen) atoms. The lowest BCUT2D eigenvalue weighted by molar-refractivity contribution is 0.00173. The molecule has 1 aliphatic carbocycles. The molecule has 0 saturated heterocycles. The molecule has 186 valence electrons. The summed E-state index contributed by atoms with van der Waals surface area (Å²) in [6.07, 6.45) is 7.89. The molecule has 0 amide bonds. The quantitative estimate of drug-likeness (QED) is 0.295. The maximum Gasteiger partial charge on any atom is 0.123 e. The van der Waals surface area contributed by atoms with Crippen LogP contribution in [0.15, 0.2) is 78.2 Å². The maximum absolute atomic E-state index is 13.6. The number of ether oxygens (including phenoxy) is 1. The number of allylic oxidation sites excluding steroid dienone is 1. The molecular weight excluding hydrogens is 440 g/mol. The Kier molecular flexibility index (Phi) is 8.26. The molecular formula is C31H37F2NO. The van der Waals surface area contributed by atoms with Crippen molar-refractivity contribution in [3.05, 3.63) is 101 Å². The van der Waals surface area contributed by atoms with Crippen molar-refractivity contribution in [1.82, 2.24) is 4.90 Å². The molecule has 2 aliphatic rings. The number of hydrogen-bond donors (Lipinski definition) is 0. The summed E-state index contributed by atoms with van der Waals surface area (Å²) in [5.41, 5.74) is 7.63. The van der Waals surface area contributed by atoms with Gasteiger partial charge in [0, 0.05) is 12.1 Å². The fraction of sp³-hybridized carbons (Fsp3) is 0.452. The molecule has 2 aromatic rings. The average Bonchev–Trinajstić information content (AvgIpc) is 3.16. The Labute approximate surface area is 209 Å². The lowest BCUT2D eigenvalue weighted by Crippen LogP contribution is -2.44. The van der Waals surface area contributed by atoms with Crippen molar-refractivity contribution >= 4 is 0 Å². The zero-order valence-electron chi connectivity index (χ0n) is 21.1. The molecule has 1 fully saturated rings. The Hall–Kier alpha value is -2.68. The van der Waals surface area contributed by atoms with Crippen LogP contribution in [-0.4, -0.2) is 23.1 Å². The average molecular weight is 478 g/mol. The zero-order valence-corrected chi connectivity index (χ0v) is 21.1. The van der Waals surface area contributed by atoms with Crippen LogP contribution >= 0.6 is 0 Å². The van der Waals surface area contributed by atoms with E-state index >= 15 is 0 Å². The monoisotopic (exact) mass is 477 g/mol. The molecule has 1 saturated carbocycles. The van der Waals surface area contributed by atoms with Crippen molar-refractivity contribution in [3.8, 4) is 0 Å². The first kappa shape index (κ1) is 25.4. The van der Waals surface area contributed by atoms with Gasteiger partial charge in [0.2, 0.25) is 0 Å². The largest absolute Gasteiger partial charge is 0.365 e. The molecule has 0 radical (unpaired) electrons. The third-order valence-electron chi connectivity index (χ3n) is 7.50. The zero-order chi connectivity index (χ0) is 24.9. The maximum atomic E-state index is 13.6. The van der Waals surface area contributed by atoms with Crippen LogP contribution in [0.4, 0.5) is 8.78 Å². The number of rotatable bonds is 7. The summed E-state index contributed by atoms with van der Waals surface area (Å²) in [5.74, 6) is -0.0213. The van der Waals surface area contributed by atoms with Crippen LogP contribution in [0.25, 0.3) is 0 Å². The van der Waals surface area contributed by atoms with Gasteiger partial charge in [0.15, 0.2) is 0 Å². The summed E-state index contributed by atoms with van der Waals surface area (Å²) in [4.78, 5) is 2.60. The van der Waals surface area contributed by atoms with Crippen molar-refractivity contribution in [2.24, 2.45) is 5.92 Å². The summed E-state index contributed by atoms with van der Waals surface area (Å²) in [7, 11) is 0. The second kappa shape index (κ2) is 11.4. The first-order valence-corrected chi connectivity index (χ1v) is 12.9. The van der Waals surface area contributed by atoms with Crippen LogP contribution in [0, 0.1) is 17.6 Å². The SMILES string of the molecule is C=C=C(CC)N1C2CCC(OC(c3ccc(F)cc3)c3ccc(F)cc3)CC(=CC[C@@H]1C(C)C)C2. The molecule has 4 rings (SSSR count). The second-order valence-electron chi connectivity index (χ2n) is 10.2. The van der Waals surface area contributed by atoms with Gasteiger partial charge < -0.3 is 9.64 Å². The highest BCUT2D eigenvalue weighted by Gasteiger charge is 2.35. The minimum atomic E-state index is -0.374. The first-order chi connectivity index (χ1) is 16.9. The normalized spacial score (nSPS) is 22.4. The van der Waals surface area contributed by atoms with Crippen LogP contribution in [0.1, 0.15) is 76.5 Å². The van der Waals surface area contributed by atoms with E-state index in [9.17, 15) is 8.78 Å². The van der Waals surface area contributed by atoms with Crippen LogP contribution in [-0.2, 0) is 4.74 Å². The van der Waals surface area contributed by atoms with Crippen molar-refractivity contribution in [2.45, 2.75) is 83.6 Å². The predicted molar refractivity (Wildman–Crippen MR) is 138 cm³/mol. The van der Waals surface area contributed by atoms with Gasteiger partial charge in [0.25, 0.3) is 0 Å². The molecule has 0 spiro atoms. The van der Waals surface area contributed by atoms with E-state index < -0.39 is 0 Å². The minimum Gasteiger partial charge on any atom is -0.365 e. The van der Waals surface area contributed by atoms with Gasteiger partial charge in [-0.1, -0.05) is 63.3 Å². The van der Waals surface area contributed by atoms with Crippen molar-refractivity contribution in [1.29, 1.82) is 0 Å². The van der Waals surface area contributed by atoms with Gasteiger partial charge in [-0.2, -0.15) is 0 Å². The molecule has 2 aromatic carbocycles. The number of nitrogens with zero attached hydrogens (tertiary/aromatic N) is 1. The number of fused-ring (bicyclic) bond motifs is 2. The number of hydrogen-bond acceptors (Lipinski definition) is 2. The summed E-state index contributed by atoms with van der Waals surface area (Å²) in [5, 5.41) is 0. The highest BCUT2D eigenvalue weighted by Crippen LogP contribution is 2.39. The fourth-order valence-electron chi connectivity index (χ4n) is 5.68. The molecule has 0 N–H and O–H groups in total. The summed E-state index contributed by atoms with van der Waals surface area (Å²) in [6.45, 7) is 10.8. The molecule has 2 bridgehead atoms. The number of benzene rings is 2. The number of halogens is 2. The Morgan fingerprint density at radius 1 is 1.00 bits per heavy atom. The third-order valence-corrected chi connectivity index (χ3v) is 7.50. The first-order valence-electron chi connectivity index (χ1n) is 12.9. The highest BCUT2D eigenvalue weighted by molar-refractivity contribution is 5.31. The lowest BCUT2D eigenvalue weighted by Gasteiger charge is -2.41. The predicted octanol–water partition coefficient (Wildman–Crippen LogP) is 8.12. The van der Waals surface area contributed by atoms with E-state index in [1.165, 1.54) is 35.5 Å². The van der Waals surface area contributed by atoms with Crippen molar-refractivity contribution in [3.63, 3.8) is 0 Å². The Balaban J connectivity index is 1.61. The van der Waals surface area contributed by atoms with Crippen LogP contribution < -0.4 is 0 Å². The van der Waals surface area contributed by atoms with Crippen LogP contribution in [0.2, 0.25) is 0 Å². The van der Waals surface area contributed by atoms with Gasteiger partial charge in [-0.25, -0.2) is 8.78 Å². The molecule has 2 nitrogen and oxygen atoms in total. The van der Waals surface area contributed by atoms with E-state index in [0.29, 0.717) is 18.0 Å². The lowest BCUT2D eigenvalue weighted by atomic mass is 9.95. The summed E-state index contributed by atoms with van der Waals surface area (Å²) < 4.78 is 34.0. The van der Waals surface area contributed by atoms with E-state index in [0.717, 1.165) is 49.7 Å². The molecule has 4 heteroatoms. The summed E-state index contributed by atoms with van der Waals surface area (Å²) in [6, 6.07) is 13.7. The van der Waals surface area contributed by atoms with E-state index in [1.807, 2.05) is 0 Å². The Morgan fingerprint density at radius 3 is 2.11 bits per heavy atom. The van der Waals surface area contributed by atoms with E-state index in [-0.39, 0.29) is 23.8 Å². The standard InChI is InChI=1S/C31H37F2NO/c1-5-27(6-2)34-28-16-17-29(20-22(19-28)7-18-30(34)21(3)4)35-31(23-8-12-25(32)13-9-23)24-10-14-26(33)15-11-24/h7-15,21,28-31H,1,6,16-20H2,2-4H3/t28?,29?,30-/m1/s1. The van der Waals surface area contributed by atoms with Gasteiger partial charge in [-0.15, -0.1) is 5.73 Å². The molecule has 3 atom stereocenters.